The summed E-state index contributed by atoms with van der Waals surface area (Å²) in [5.74, 6) is 2.90. The number of aromatic nitrogens is 2. The van der Waals surface area contributed by atoms with Crippen LogP contribution in [-0.4, -0.2) is 20.2 Å². The molecule has 0 spiro atoms. The van der Waals surface area contributed by atoms with Crippen molar-refractivity contribution < 1.29 is 10.2 Å². The maximum atomic E-state index is 10.3. The van der Waals surface area contributed by atoms with Gasteiger partial charge in [0, 0.05) is 11.1 Å². The van der Waals surface area contributed by atoms with Gasteiger partial charge >= 0.3 is 0 Å². The number of benzene rings is 2. The molecule has 2 aliphatic rings. The molecule has 6 heteroatoms. The Labute approximate surface area is 249 Å². The van der Waals surface area contributed by atoms with Gasteiger partial charge in [0.1, 0.15) is 23.1 Å². The fourth-order valence-corrected chi connectivity index (χ4v) is 5.85. The molecule has 0 atom stereocenters. The summed E-state index contributed by atoms with van der Waals surface area (Å²) in [6.45, 7) is 5.87. The van der Waals surface area contributed by atoms with Gasteiger partial charge in [0.2, 0.25) is 0 Å². The number of anilines is 2. The highest BCUT2D eigenvalue weighted by atomic mass is 16.3. The van der Waals surface area contributed by atoms with Crippen molar-refractivity contribution in [3.63, 3.8) is 0 Å². The number of phenolic OH excluding ortho intramolecular Hbond substituents is 2. The van der Waals surface area contributed by atoms with E-state index in [1.807, 2.05) is 42.5 Å². The van der Waals surface area contributed by atoms with E-state index < -0.39 is 0 Å². The minimum absolute atomic E-state index is 0.351. The Morgan fingerprint density at radius 2 is 1.24 bits per heavy atom. The van der Waals surface area contributed by atoms with E-state index in [2.05, 4.69) is 29.5 Å². The number of aryl methyl sites for hydroxylation is 1. The minimum Gasteiger partial charge on any atom is -0.508 e. The van der Waals surface area contributed by atoms with Crippen molar-refractivity contribution in [2.24, 2.45) is 0 Å². The number of hydrogen-bond acceptors (Lipinski definition) is 6. The average molecular weight is 563 g/mol. The largest absolute Gasteiger partial charge is 0.508 e. The van der Waals surface area contributed by atoms with E-state index in [4.69, 9.17) is 11.5 Å². The SMILES string of the molecule is C=CCc1cc(-c2cccc(N)n2)c(C2CCC2)cc1O.CCCc1cc(-c2cccc(N)n2)c(C2CCC2)cc1O. The topological polar surface area (TPSA) is 118 Å². The monoisotopic (exact) mass is 562 g/mol. The molecule has 6 nitrogen and oxygen atoms in total. The first-order valence-corrected chi connectivity index (χ1v) is 15.2. The van der Waals surface area contributed by atoms with Crippen LogP contribution in [0.15, 0.2) is 73.3 Å². The van der Waals surface area contributed by atoms with E-state index >= 15 is 0 Å². The van der Waals surface area contributed by atoms with Gasteiger partial charge in [-0.05, 0) is 121 Å². The molecule has 0 saturated heterocycles. The van der Waals surface area contributed by atoms with Crippen LogP contribution >= 0.6 is 0 Å². The van der Waals surface area contributed by atoms with Crippen LogP contribution in [0, 0.1) is 0 Å². The van der Waals surface area contributed by atoms with Gasteiger partial charge in [0.15, 0.2) is 0 Å². The van der Waals surface area contributed by atoms with Gasteiger partial charge in [-0.3, -0.25) is 0 Å². The molecule has 0 bridgehead atoms. The molecule has 0 unspecified atom stereocenters. The molecule has 4 aromatic rings. The number of aromatic hydroxyl groups is 2. The average Bonchev–Trinajstić information content (AvgIpc) is 2.90. The van der Waals surface area contributed by atoms with E-state index in [0.29, 0.717) is 41.4 Å². The predicted molar refractivity (Wildman–Crippen MR) is 173 cm³/mol. The molecule has 6 rings (SSSR count). The van der Waals surface area contributed by atoms with Crippen LogP contribution in [0.1, 0.15) is 86.0 Å². The maximum Gasteiger partial charge on any atom is 0.124 e. The van der Waals surface area contributed by atoms with Gasteiger partial charge in [-0.2, -0.15) is 0 Å². The first-order valence-electron chi connectivity index (χ1n) is 15.2. The number of nitrogens with zero attached hydrogens (tertiary/aromatic N) is 2. The zero-order chi connectivity index (χ0) is 29.6. The van der Waals surface area contributed by atoms with Gasteiger partial charge in [-0.1, -0.05) is 44.4 Å². The Bertz CT molecular complexity index is 1560. The fraction of sp³-hybridized carbons (Fsp3) is 0.333. The van der Waals surface area contributed by atoms with Crippen LogP contribution in [0.2, 0.25) is 0 Å². The zero-order valence-corrected chi connectivity index (χ0v) is 24.5. The second kappa shape index (κ2) is 13.1. The Hall–Kier alpha value is -4.32. The quantitative estimate of drug-likeness (QED) is 0.160. The molecule has 2 aliphatic carbocycles. The highest BCUT2D eigenvalue weighted by Crippen LogP contribution is 2.44. The van der Waals surface area contributed by atoms with E-state index in [0.717, 1.165) is 46.5 Å². The summed E-state index contributed by atoms with van der Waals surface area (Å²) in [4.78, 5) is 8.92. The molecule has 0 aliphatic heterocycles. The first kappa shape index (κ1) is 29.2. The Balaban J connectivity index is 0.000000168. The van der Waals surface area contributed by atoms with E-state index in [1.54, 1.807) is 18.2 Å². The van der Waals surface area contributed by atoms with Gasteiger partial charge in [0.25, 0.3) is 0 Å². The second-order valence-corrected chi connectivity index (χ2v) is 11.5. The molecule has 2 aromatic heterocycles. The Morgan fingerprint density at radius 1 is 0.762 bits per heavy atom. The number of hydrogen-bond donors (Lipinski definition) is 4. The summed E-state index contributed by atoms with van der Waals surface area (Å²) < 4.78 is 0. The highest BCUT2D eigenvalue weighted by Gasteiger charge is 2.26. The van der Waals surface area contributed by atoms with Gasteiger partial charge in [0.05, 0.1) is 11.4 Å². The van der Waals surface area contributed by atoms with E-state index in [9.17, 15) is 10.2 Å². The van der Waals surface area contributed by atoms with Crippen LogP contribution in [-0.2, 0) is 12.8 Å². The van der Waals surface area contributed by atoms with E-state index in [1.165, 1.54) is 49.7 Å². The lowest BCUT2D eigenvalue weighted by Crippen LogP contribution is -2.11. The van der Waals surface area contributed by atoms with Crippen molar-refractivity contribution in [3.8, 4) is 34.0 Å². The smallest absolute Gasteiger partial charge is 0.124 e. The lowest BCUT2D eigenvalue weighted by Gasteiger charge is -2.28. The lowest BCUT2D eigenvalue weighted by atomic mass is 9.77. The van der Waals surface area contributed by atoms with Crippen LogP contribution in [0.3, 0.4) is 0 Å². The Kier molecular flexibility index (Phi) is 9.11. The molecule has 0 radical (unpaired) electrons. The molecule has 6 N–H and O–H groups in total. The number of pyridine rings is 2. The molecular formula is C36H42N4O2. The number of allylic oxidation sites excluding steroid dienone is 1. The highest BCUT2D eigenvalue weighted by molar-refractivity contribution is 5.70. The third-order valence-corrected chi connectivity index (χ3v) is 8.57. The van der Waals surface area contributed by atoms with Gasteiger partial charge in [-0.25, -0.2) is 9.97 Å². The van der Waals surface area contributed by atoms with Crippen molar-refractivity contribution in [2.75, 3.05) is 11.5 Å². The van der Waals surface area contributed by atoms with Crippen molar-refractivity contribution in [2.45, 2.75) is 76.5 Å². The van der Waals surface area contributed by atoms with E-state index in [-0.39, 0.29) is 0 Å². The summed E-state index contributed by atoms with van der Waals surface area (Å²) in [5, 5.41) is 20.5. The third kappa shape index (κ3) is 6.43. The zero-order valence-electron chi connectivity index (χ0n) is 24.5. The first-order chi connectivity index (χ1) is 20.4. The number of phenols is 2. The molecule has 2 saturated carbocycles. The molecule has 2 heterocycles. The molecular weight excluding hydrogens is 520 g/mol. The second-order valence-electron chi connectivity index (χ2n) is 11.5. The number of rotatable bonds is 8. The number of nitrogens with two attached hydrogens (primary N) is 2. The normalized spacial score (nSPS) is 14.8. The Morgan fingerprint density at radius 3 is 1.64 bits per heavy atom. The minimum atomic E-state index is 0.351. The molecule has 42 heavy (non-hydrogen) atoms. The van der Waals surface area contributed by atoms with Crippen LogP contribution < -0.4 is 11.5 Å². The van der Waals surface area contributed by atoms with Crippen LogP contribution in [0.5, 0.6) is 11.5 Å². The third-order valence-electron chi connectivity index (χ3n) is 8.57. The maximum absolute atomic E-state index is 10.3. The fourth-order valence-electron chi connectivity index (χ4n) is 5.85. The van der Waals surface area contributed by atoms with Crippen molar-refractivity contribution in [1.29, 1.82) is 0 Å². The lowest BCUT2D eigenvalue weighted by molar-refractivity contribution is 0.415. The van der Waals surface area contributed by atoms with Crippen molar-refractivity contribution >= 4 is 11.6 Å². The van der Waals surface area contributed by atoms with Crippen molar-refractivity contribution in [1.82, 2.24) is 9.97 Å². The van der Waals surface area contributed by atoms with Crippen LogP contribution in [0.25, 0.3) is 22.5 Å². The summed E-state index contributed by atoms with van der Waals surface area (Å²) in [5.41, 5.74) is 19.9. The molecule has 2 aromatic carbocycles. The number of nitrogen functional groups attached to an aromatic ring is 2. The molecule has 2 fully saturated rings. The predicted octanol–water partition coefficient (Wildman–Crippen LogP) is 8.29. The molecule has 0 amide bonds. The summed E-state index contributed by atoms with van der Waals surface area (Å²) in [7, 11) is 0. The molecule has 218 valence electrons. The standard InChI is InChI=1S/C18H22N2O.C18H20N2O/c2*1-2-5-13-10-15(16-8-4-9-18(19)20-16)14(11-17(13)21)12-6-3-7-12/h4,8-12,21H,2-3,5-7H2,1H3,(H2,19,20);2,4,8-12,21H,1,3,5-7H2,(H2,19,20). The van der Waals surface area contributed by atoms with Crippen molar-refractivity contribution in [3.05, 3.63) is 95.6 Å². The van der Waals surface area contributed by atoms with Gasteiger partial charge < -0.3 is 21.7 Å². The van der Waals surface area contributed by atoms with Gasteiger partial charge in [-0.15, -0.1) is 6.58 Å². The summed E-state index contributed by atoms with van der Waals surface area (Å²) in [6, 6.07) is 19.4. The van der Waals surface area contributed by atoms with Crippen LogP contribution in [0.4, 0.5) is 11.6 Å². The summed E-state index contributed by atoms with van der Waals surface area (Å²) in [6.07, 6.45) is 11.6. The summed E-state index contributed by atoms with van der Waals surface area (Å²) >= 11 is 0.